The van der Waals surface area contributed by atoms with E-state index in [1.54, 1.807) is 6.92 Å². The Labute approximate surface area is 75.6 Å². The Morgan fingerprint density at radius 3 is 2.27 bits per heavy atom. The lowest BCUT2D eigenvalue weighted by molar-refractivity contribution is -0.108. The molecule has 64 valence electrons. The van der Waals surface area contributed by atoms with Gasteiger partial charge in [0.25, 0.3) is 5.12 Å². The second-order valence-electron chi connectivity index (χ2n) is 2.11. The molecule has 4 unspecified atom stereocenters. The molecule has 0 bridgehead atoms. The van der Waals surface area contributed by atoms with Gasteiger partial charge in [-0.15, -0.1) is 11.6 Å². The van der Waals surface area contributed by atoms with E-state index in [1.807, 2.05) is 0 Å². The Balaban J connectivity index is 4.11. The van der Waals surface area contributed by atoms with Gasteiger partial charge in [-0.25, -0.2) is 0 Å². The van der Waals surface area contributed by atoms with E-state index in [0.29, 0.717) is 6.29 Å². The molecule has 0 aliphatic rings. The van der Waals surface area contributed by atoms with Crippen molar-refractivity contribution in [3.63, 3.8) is 0 Å². The van der Waals surface area contributed by atoms with Crippen molar-refractivity contribution in [2.45, 2.75) is 17.4 Å². The molecule has 0 aliphatic heterocycles. The topological polar surface area (TPSA) is 54.4 Å². The molecule has 0 rings (SSSR count). The predicted octanol–water partition coefficient (Wildman–Crippen LogP) is 1.73. The molecule has 3 nitrogen and oxygen atoms in total. The fourth-order valence-electron chi connectivity index (χ4n) is 0.477. The first-order valence-corrected chi connectivity index (χ1v) is 5.04. The smallest absolute Gasteiger partial charge is 0.302 e. The summed E-state index contributed by atoms with van der Waals surface area (Å²) in [7, 11) is -2.47. The molecule has 0 amide bonds. The molecule has 0 aromatic carbocycles. The molecule has 0 saturated carbocycles. The van der Waals surface area contributed by atoms with E-state index in [0.717, 1.165) is 0 Å². The van der Waals surface area contributed by atoms with Gasteiger partial charge in [0, 0.05) is 5.92 Å². The number of hydrogen-bond donors (Lipinski definition) is 1. The first-order chi connectivity index (χ1) is 5.00. The minimum atomic E-state index is -2.47. The van der Waals surface area contributed by atoms with Crippen LogP contribution in [0.5, 0.6) is 0 Å². The van der Waals surface area contributed by atoms with Crippen LogP contribution in [-0.4, -0.2) is 21.7 Å². The number of carbonyl (C=O) groups excluding carboxylic acids is 1. The van der Waals surface area contributed by atoms with Gasteiger partial charge >= 0.3 is 8.03 Å². The molecule has 6 heteroatoms. The summed E-state index contributed by atoms with van der Waals surface area (Å²) in [5, 5.41) is -1.76. The Hall–Kier alpha value is 0.310. The average Bonchev–Trinajstić information content (AvgIpc) is 2.00. The third kappa shape index (κ3) is 3.48. The van der Waals surface area contributed by atoms with Gasteiger partial charge in [0.15, 0.2) is 0 Å². The minimum absolute atomic E-state index is 0.496. The molecule has 4 atom stereocenters. The molecule has 0 spiro atoms. The van der Waals surface area contributed by atoms with Crippen LogP contribution < -0.4 is 0 Å². The maximum absolute atomic E-state index is 10.4. The van der Waals surface area contributed by atoms with Crippen LogP contribution in [0.1, 0.15) is 6.92 Å². The van der Waals surface area contributed by atoms with Crippen LogP contribution in [0.25, 0.3) is 0 Å². The van der Waals surface area contributed by atoms with E-state index < -0.39 is 24.4 Å². The van der Waals surface area contributed by atoms with E-state index in [2.05, 4.69) is 0 Å². The monoisotopic (exact) mass is 217 g/mol. The van der Waals surface area contributed by atoms with Gasteiger partial charge in [0.05, 0.1) is 5.38 Å². The zero-order valence-corrected chi connectivity index (χ0v) is 8.18. The highest BCUT2D eigenvalue weighted by molar-refractivity contribution is 7.41. The summed E-state index contributed by atoms with van der Waals surface area (Å²) in [6.45, 7) is 1.55. The highest BCUT2D eigenvalue weighted by Gasteiger charge is 2.36. The summed E-state index contributed by atoms with van der Waals surface area (Å²) in [6, 6.07) is 0. The molecular formula is C5H8Cl2O3P+. The van der Waals surface area contributed by atoms with Gasteiger partial charge in [-0.2, -0.15) is 4.89 Å². The molecule has 0 aliphatic carbocycles. The van der Waals surface area contributed by atoms with Crippen LogP contribution in [0.3, 0.4) is 0 Å². The Morgan fingerprint density at radius 2 is 2.00 bits per heavy atom. The first-order valence-electron chi connectivity index (χ1n) is 2.89. The van der Waals surface area contributed by atoms with Crippen LogP contribution in [0.4, 0.5) is 0 Å². The molecule has 0 fully saturated rings. The van der Waals surface area contributed by atoms with E-state index in [1.165, 1.54) is 0 Å². The lowest BCUT2D eigenvalue weighted by Gasteiger charge is -2.08. The third-order valence-corrected chi connectivity index (χ3v) is 3.57. The number of hydrogen-bond acceptors (Lipinski definition) is 2. The predicted molar refractivity (Wildman–Crippen MR) is 44.3 cm³/mol. The summed E-state index contributed by atoms with van der Waals surface area (Å²) in [5.41, 5.74) is 0. The number of alkyl halides is 2. The number of aldehydes is 1. The summed E-state index contributed by atoms with van der Waals surface area (Å²) in [5.74, 6) is -0.496. The molecular weight excluding hydrogens is 210 g/mol. The van der Waals surface area contributed by atoms with Gasteiger partial charge in [-0.1, -0.05) is 18.5 Å². The van der Waals surface area contributed by atoms with Crippen LogP contribution in [0.15, 0.2) is 0 Å². The standard InChI is InChI=1S/C5H7Cl2O3P/c1-3(4(6)2-8)5(7)11(9)10/h2-5H,1H3/p+1. The first kappa shape index (κ1) is 11.3. The van der Waals surface area contributed by atoms with Crippen molar-refractivity contribution >= 4 is 37.5 Å². The SMILES string of the molecule is CC(C(Cl)C=O)C(Cl)[P+](=O)O. The number of carbonyl (C=O) groups is 1. The molecule has 0 aromatic rings. The lowest BCUT2D eigenvalue weighted by atomic mass is 10.1. The molecule has 11 heavy (non-hydrogen) atoms. The molecule has 1 N–H and O–H groups in total. The van der Waals surface area contributed by atoms with Gasteiger partial charge in [-0.3, -0.25) is 0 Å². The zero-order valence-electron chi connectivity index (χ0n) is 5.78. The summed E-state index contributed by atoms with van der Waals surface area (Å²) in [4.78, 5) is 18.6. The molecule has 0 saturated heterocycles. The Bertz CT molecular complexity index is 164. The van der Waals surface area contributed by atoms with Crippen LogP contribution in [-0.2, 0) is 9.36 Å². The fraction of sp³-hybridized carbons (Fsp3) is 0.800. The second-order valence-corrected chi connectivity index (χ2v) is 4.55. The van der Waals surface area contributed by atoms with Crippen LogP contribution in [0.2, 0.25) is 0 Å². The summed E-state index contributed by atoms with van der Waals surface area (Å²) < 4.78 is 10.4. The molecule has 0 aromatic heterocycles. The number of halogens is 2. The zero-order chi connectivity index (χ0) is 9.02. The summed E-state index contributed by atoms with van der Waals surface area (Å²) >= 11 is 10.9. The quantitative estimate of drug-likeness (QED) is 0.444. The second kappa shape index (κ2) is 5.04. The van der Waals surface area contributed by atoms with Crippen molar-refractivity contribution in [1.82, 2.24) is 0 Å². The van der Waals surface area contributed by atoms with E-state index in [-0.39, 0.29) is 0 Å². The Kier molecular flexibility index (Phi) is 5.19. The minimum Gasteiger partial charge on any atom is -0.302 e. The fourth-order valence-corrected chi connectivity index (χ4v) is 1.54. The largest absolute Gasteiger partial charge is 0.525 e. The number of rotatable bonds is 4. The Morgan fingerprint density at radius 1 is 1.55 bits per heavy atom. The van der Waals surface area contributed by atoms with Crippen molar-refractivity contribution in [2.24, 2.45) is 5.92 Å². The lowest BCUT2D eigenvalue weighted by Crippen LogP contribution is -2.20. The molecule has 0 radical (unpaired) electrons. The van der Waals surface area contributed by atoms with Crippen molar-refractivity contribution < 1.29 is 14.3 Å². The van der Waals surface area contributed by atoms with Crippen molar-refractivity contribution in [2.75, 3.05) is 0 Å². The van der Waals surface area contributed by atoms with E-state index in [9.17, 15) is 9.36 Å². The van der Waals surface area contributed by atoms with E-state index >= 15 is 0 Å². The normalized spacial score (nSPS) is 20.2. The summed E-state index contributed by atoms with van der Waals surface area (Å²) in [6.07, 6.45) is 0.500. The van der Waals surface area contributed by atoms with Crippen molar-refractivity contribution in [1.29, 1.82) is 0 Å². The maximum atomic E-state index is 10.4. The van der Waals surface area contributed by atoms with Crippen molar-refractivity contribution in [3.05, 3.63) is 0 Å². The van der Waals surface area contributed by atoms with Gasteiger partial charge in [0.1, 0.15) is 6.29 Å². The van der Waals surface area contributed by atoms with Gasteiger partial charge in [0.2, 0.25) is 0 Å². The highest BCUT2D eigenvalue weighted by Crippen LogP contribution is 2.34. The highest BCUT2D eigenvalue weighted by atomic mass is 35.5. The van der Waals surface area contributed by atoms with Crippen LogP contribution >= 0.6 is 31.2 Å². The van der Waals surface area contributed by atoms with Gasteiger partial charge in [-0.05, 0) is 4.57 Å². The maximum Gasteiger partial charge on any atom is 0.525 e. The average molecular weight is 218 g/mol. The molecule has 0 heterocycles. The van der Waals surface area contributed by atoms with E-state index in [4.69, 9.17) is 28.1 Å². The van der Waals surface area contributed by atoms with Gasteiger partial charge < -0.3 is 4.79 Å². The third-order valence-electron chi connectivity index (χ3n) is 1.28. The van der Waals surface area contributed by atoms with Crippen LogP contribution in [0, 0.1) is 5.92 Å². The van der Waals surface area contributed by atoms with Crippen molar-refractivity contribution in [3.8, 4) is 0 Å².